The second-order valence-electron chi connectivity index (χ2n) is 2.58. The van der Waals surface area contributed by atoms with Crippen LogP contribution in [-0.2, 0) is 4.79 Å². The first-order valence-corrected chi connectivity index (χ1v) is 3.71. The molecule has 0 spiro atoms. The highest BCUT2D eigenvalue weighted by atomic mass is 16.4. The fourth-order valence-corrected chi connectivity index (χ4v) is 0.616. The Labute approximate surface area is 67.3 Å². The lowest BCUT2D eigenvalue weighted by molar-refractivity contribution is -0.131. The van der Waals surface area contributed by atoms with Crippen molar-refractivity contribution >= 4 is 5.97 Å². The molecule has 0 saturated heterocycles. The Morgan fingerprint density at radius 3 is 2.64 bits per heavy atom. The molecule has 0 bridgehead atoms. The molecule has 11 heavy (non-hydrogen) atoms. The maximum Gasteiger partial charge on any atom is 0.329 e. The van der Waals surface area contributed by atoms with Gasteiger partial charge in [-0.05, 0) is 13.3 Å². The molecule has 0 rings (SSSR count). The molecule has 1 N–H and O–H groups in total. The standard InChI is InChI=1S/C8H15NO2/c1-4-7(2)9(3)6-5-8(10)11/h5-7H,4H2,1-3H3,(H,10,11)/b6-5+. The molecule has 0 aliphatic heterocycles. The van der Waals surface area contributed by atoms with Gasteiger partial charge in [-0.15, -0.1) is 0 Å². The Hall–Kier alpha value is -0.990. The van der Waals surface area contributed by atoms with Crippen molar-refractivity contribution in [2.45, 2.75) is 26.3 Å². The van der Waals surface area contributed by atoms with Crippen molar-refractivity contribution in [3.8, 4) is 0 Å². The Kier molecular flexibility index (Phi) is 4.34. The topological polar surface area (TPSA) is 40.5 Å². The lowest BCUT2D eigenvalue weighted by Gasteiger charge is -2.20. The smallest absolute Gasteiger partial charge is 0.329 e. The normalized spacial score (nSPS) is 13.4. The molecule has 0 aromatic heterocycles. The number of carbonyl (C=O) groups is 1. The van der Waals surface area contributed by atoms with E-state index in [1.165, 1.54) is 0 Å². The van der Waals surface area contributed by atoms with Crippen LogP contribution in [0.4, 0.5) is 0 Å². The SMILES string of the molecule is CCC(C)N(C)/C=C/C(=O)O. The first kappa shape index (κ1) is 10.0. The minimum atomic E-state index is -0.903. The van der Waals surface area contributed by atoms with Gasteiger partial charge in [-0.25, -0.2) is 4.79 Å². The van der Waals surface area contributed by atoms with E-state index in [1.54, 1.807) is 6.20 Å². The molecule has 0 amide bonds. The lowest BCUT2D eigenvalue weighted by atomic mass is 10.2. The van der Waals surface area contributed by atoms with Crippen LogP contribution in [0.3, 0.4) is 0 Å². The van der Waals surface area contributed by atoms with Crippen LogP contribution in [0.2, 0.25) is 0 Å². The Morgan fingerprint density at radius 1 is 1.73 bits per heavy atom. The number of carboxylic acid groups (broad SMARTS) is 1. The summed E-state index contributed by atoms with van der Waals surface area (Å²) in [4.78, 5) is 12.0. The van der Waals surface area contributed by atoms with Gasteiger partial charge in [0.25, 0.3) is 0 Å². The summed E-state index contributed by atoms with van der Waals surface area (Å²) in [6.45, 7) is 4.11. The van der Waals surface area contributed by atoms with Crippen LogP contribution >= 0.6 is 0 Å². The average Bonchev–Trinajstić information content (AvgIpc) is 1.98. The summed E-state index contributed by atoms with van der Waals surface area (Å²) in [5, 5.41) is 8.30. The van der Waals surface area contributed by atoms with Crippen LogP contribution in [0.15, 0.2) is 12.3 Å². The third-order valence-electron chi connectivity index (χ3n) is 1.74. The Bertz CT molecular complexity index is 154. The molecule has 1 unspecified atom stereocenters. The monoisotopic (exact) mass is 157 g/mol. The van der Waals surface area contributed by atoms with Gasteiger partial charge in [-0.3, -0.25) is 0 Å². The Balaban J connectivity index is 3.85. The highest BCUT2D eigenvalue weighted by Gasteiger charge is 2.00. The third-order valence-corrected chi connectivity index (χ3v) is 1.74. The first-order chi connectivity index (χ1) is 5.07. The van der Waals surface area contributed by atoms with Gasteiger partial charge in [0.15, 0.2) is 0 Å². The second kappa shape index (κ2) is 4.77. The zero-order valence-electron chi connectivity index (χ0n) is 7.24. The quantitative estimate of drug-likeness (QED) is 0.625. The van der Waals surface area contributed by atoms with Crippen molar-refractivity contribution in [2.75, 3.05) is 7.05 Å². The Morgan fingerprint density at radius 2 is 2.27 bits per heavy atom. The van der Waals surface area contributed by atoms with Crippen molar-refractivity contribution in [2.24, 2.45) is 0 Å². The zero-order chi connectivity index (χ0) is 8.85. The van der Waals surface area contributed by atoms with E-state index in [9.17, 15) is 4.79 Å². The lowest BCUT2D eigenvalue weighted by Crippen LogP contribution is -2.22. The van der Waals surface area contributed by atoms with Crippen molar-refractivity contribution < 1.29 is 9.90 Å². The molecule has 1 atom stereocenters. The summed E-state index contributed by atoms with van der Waals surface area (Å²) in [6.07, 6.45) is 3.74. The van der Waals surface area contributed by atoms with Crippen molar-refractivity contribution in [1.29, 1.82) is 0 Å². The fourth-order valence-electron chi connectivity index (χ4n) is 0.616. The highest BCUT2D eigenvalue weighted by molar-refractivity contribution is 5.79. The summed E-state index contributed by atoms with van der Waals surface area (Å²) in [6, 6.07) is 0.394. The number of hydrogen-bond acceptors (Lipinski definition) is 2. The van der Waals surface area contributed by atoms with Crippen molar-refractivity contribution in [3.63, 3.8) is 0 Å². The van der Waals surface area contributed by atoms with E-state index in [2.05, 4.69) is 6.92 Å². The van der Waals surface area contributed by atoms with Gasteiger partial charge >= 0.3 is 5.97 Å². The summed E-state index contributed by atoms with van der Waals surface area (Å²) < 4.78 is 0. The van der Waals surface area contributed by atoms with E-state index in [0.29, 0.717) is 6.04 Å². The first-order valence-electron chi connectivity index (χ1n) is 3.71. The van der Waals surface area contributed by atoms with E-state index in [4.69, 9.17) is 5.11 Å². The van der Waals surface area contributed by atoms with Gasteiger partial charge in [-0.1, -0.05) is 6.92 Å². The van der Waals surface area contributed by atoms with Gasteiger partial charge in [0, 0.05) is 25.4 Å². The minimum absolute atomic E-state index is 0.394. The molecule has 0 heterocycles. The van der Waals surface area contributed by atoms with Crippen LogP contribution in [0, 0.1) is 0 Å². The maximum absolute atomic E-state index is 10.1. The predicted molar refractivity (Wildman–Crippen MR) is 44.3 cm³/mol. The minimum Gasteiger partial charge on any atom is -0.478 e. The predicted octanol–water partition coefficient (Wildman–Crippen LogP) is 1.31. The molecule has 3 heteroatoms. The second-order valence-corrected chi connectivity index (χ2v) is 2.58. The van der Waals surface area contributed by atoms with Crippen molar-refractivity contribution in [3.05, 3.63) is 12.3 Å². The molecule has 0 saturated carbocycles. The third kappa shape index (κ3) is 4.42. The molecule has 3 nitrogen and oxygen atoms in total. The number of aliphatic carboxylic acids is 1. The highest BCUT2D eigenvalue weighted by Crippen LogP contribution is 1.99. The van der Waals surface area contributed by atoms with Crippen LogP contribution in [0.1, 0.15) is 20.3 Å². The van der Waals surface area contributed by atoms with Gasteiger partial charge < -0.3 is 10.0 Å². The number of rotatable bonds is 4. The number of hydrogen-bond donors (Lipinski definition) is 1. The molecule has 0 aliphatic carbocycles. The molecule has 0 aromatic carbocycles. The molecule has 0 fully saturated rings. The van der Waals surface area contributed by atoms with Gasteiger partial charge in [0.2, 0.25) is 0 Å². The van der Waals surface area contributed by atoms with E-state index in [0.717, 1.165) is 12.5 Å². The summed E-state index contributed by atoms with van der Waals surface area (Å²) in [7, 11) is 1.87. The summed E-state index contributed by atoms with van der Waals surface area (Å²) in [5.74, 6) is -0.903. The summed E-state index contributed by atoms with van der Waals surface area (Å²) in [5.41, 5.74) is 0. The maximum atomic E-state index is 10.1. The fraction of sp³-hybridized carbons (Fsp3) is 0.625. The van der Waals surface area contributed by atoms with Crippen LogP contribution in [0.5, 0.6) is 0 Å². The van der Waals surface area contributed by atoms with Crippen LogP contribution in [-0.4, -0.2) is 29.1 Å². The van der Waals surface area contributed by atoms with Gasteiger partial charge in [0.05, 0.1) is 0 Å². The van der Waals surface area contributed by atoms with Gasteiger partial charge in [-0.2, -0.15) is 0 Å². The molecule has 0 radical (unpaired) electrons. The van der Waals surface area contributed by atoms with E-state index < -0.39 is 5.97 Å². The van der Waals surface area contributed by atoms with Gasteiger partial charge in [0.1, 0.15) is 0 Å². The number of nitrogens with zero attached hydrogens (tertiary/aromatic N) is 1. The molecule has 0 aliphatic rings. The summed E-state index contributed by atoms with van der Waals surface area (Å²) >= 11 is 0. The van der Waals surface area contributed by atoms with E-state index in [-0.39, 0.29) is 0 Å². The largest absolute Gasteiger partial charge is 0.478 e. The molecular weight excluding hydrogens is 142 g/mol. The van der Waals surface area contributed by atoms with Crippen LogP contribution < -0.4 is 0 Å². The average molecular weight is 157 g/mol. The van der Waals surface area contributed by atoms with Crippen molar-refractivity contribution in [1.82, 2.24) is 4.90 Å². The molecule has 64 valence electrons. The van der Waals surface area contributed by atoms with E-state index in [1.807, 2.05) is 18.9 Å². The molecule has 0 aromatic rings. The molecular formula is C8H15NO2. The number of carboxylic acids is 1. The van der Waals surface area contributed by atoms with Crippen LogP contribution in [0.25, 0.3) is 0 Å². The van der Waals surface area contributed by atoms with E-state index >= 15 is 0 Å². The zero-order valence-corrected chi connectivity index (χ0v) is 7.24.